The molecule has 2 saturated heterocycles. The molecule has 2 aromatic rings. The first kappa shape index (κ1) is 38.7. The molecule has 5 rings (SSSR count). The van der Waals surface area contributed by atoms with Gasteiger partial charge in [-0.1, -0.05) is 54.0 Å². The summed E-state index contributed by atoms with van der Waals surface area (Å²) in [5.41, 5.74) is 3.39. The first-order chi connectivity index (χ1) is 22.5. The van der Waals surface area contributed by atoms with Crippen molar-refractivity contribution in [3.05, 3.63) is 63.1 Å². The lowest BCUT2D eigenvalue weighted by molar-refractivity contribution is -0.122. The van der Waals surface area contributed by atoms with Crippen LogP contribution < -0.4 is 21.2 Å². The van der Waals surface area contributed by atoms with Crippen molar-refractivity contribution in [2.75, 3.05) is 26.5 Å². The number of nitrogens with zero attached hydrogens (tertiary/aromatic N) is 3. The van der Waals surface area contributed by atoms with Crippen molar-refractivity contribution in [2.24, 2.45) is 5.73 Å². The first-order valence-corrected chi connectivity index (χ1v) is 15.8. The van der Waals surface area contributed by atoms with Gasteiger partial charge in [-0.15, -0.1) is 0 Å². The Balaban J connectivity index is 0.00000102. The third-order valence-corrected chi connectivity index (χ3v) is 7.05. The highest BCUT2D eigenvalue weighted by Gasteiger charge is 2.48. The summed E-state index contributed by atoms with van der Waals surface area (Å²) in [4.78, 5) is 66.3. The van der Waals surface area contributed by atoms with Gasteiger partial charge in [-0.3, -0.25) is 24.1 Å². The summed E-state index contributed by atoms with van der Waals surface area (Å²) >= 11 is 0. The average molecular weight is 666 g/mol. The molecule has 15 heteroatoms. The van der Waals surface area contributed by atoms with Crippen molar-refractivity contribution in [3.63, 3.8) is 0 Å². The van der Waals surface area contributed by atoms with Gasteiger partial charge < -0.3 is 34.7 Å². The highest BCUT2D eigenvalue weighted by molar-refractivity contribution is 5.99. The minimum Gasteiger partial charge on any atom is -0.451 e. The smallest absolute Gasteiger partial charge is 0.451 e. The highest BCUT2D eigenvalue weighted by Crippen LogP contribution is 2.35. The lowest BCUT2D eigenvalue weighted by Crippen LogP contribution is -2.50. The largest absolute Gasteiger partial charge is 0.511 e. The summed E-state index contributed by atoms with van der Waals surface area (Å²) in [6.45, 7) is 11.8. The van der Waals surface area contributed by atoms with Crippen molar-refractivity contribution in [3.8, 4) is 5.75 Å². The van der Waals surface area contributed by atoms with Gasteiger partial charge in [-0.25, -0.2) is 13.6 Å². The molecule has 0 bridgehead atoms. The molecule has 2 atom stereocenters. The Morgan fingerprint density at radius 2 is 1.72 bits per heavy atom. The molecule has 3 aliphatic rings. The molecule has 0 aliphatic carbocycles. The fourth-order valence-electron chi connectivity index (χ4n) is 5.25. The Hall–Kier alpha value is -4.53. The van der Waals surface area contributed by atoms with Gasteiger partial charge in [0.2, 0.25) is 18.0 Å². The van der Waals surface area contributed by atoms with E-state index in [0.717, 1.165) is 31.5 Å². The van der Waals surface area contributed by atoms with E-state index in [9.17, 15) is 32.8 Å². The zero-order valence-corrected chi connectivity index (χ0v) is 27.8. The molecule has 0 spiro atoms. The summed E-state index contributed by atoms with van der Waals surface area (Å²) in [6.07, 6.45) is 2.81. The second kappa shape index (κ2) is 18.6. The predicted molar refractivity (Wildman–Crippen MR) is 169 cm³/mol. The maximum atomic E-state index is 14.0. The molecule has 4 heterocycles. The summed E-state index contributed by atoms with van der Waals surface area (Å²) in [5, 5.41) is 2.42. The number of carbonyl (C=O) groups is 4. The maximum Gasteiger partial charge on any atom is 0.511 e. The minimum absolute atomic E-state index is 0.0102. The van der Waals surface area contributed by atoms with E-state index in [0.29, 0.717) is 12.6 Å². The van der Waals surface area contributed by atoms with Crippen LogP contribution in [0.5, 0.6) is 5.75 Å². The summed E-state index contributed by atoms with van der Waals surface area (Å²) in [6, 6.07) is 3.04. The van der Waals surface area contributed by atoms with Crippen molar-refractivity contribution in [2.45, 2.75) is 86.1 Å². The summed E-state index contributed by atoms with van der Waals surface area (Å²) < 4.78 is 43.3. The summed E-state index contributed by atoms with van der Waals surface area (Å²) in [5.74, 6) is -4.49. The second-order valence-corrected chi connectivity index (χ2v) is 10.2. The topological polar surface area (TPSA) is 163 Å². The third kappa shape index (κ3) is 9.50. The fourth-order valence-corrected chi connectivity index (χ4v) is 5.25. The van der Waals surface area contributed by atoms with E-state index < -0.39 is 65.7 Å². The van der Waals surface area contributed by atoms with Crippen molar-refractivity contribution in [1.82, 2.24) is 19.7 Å². The molecule has 3 N–H and O–H groups in total. The van der Waals surface area contributed by atoms with Gasteiger partial charge in [-0.05, 0) is 18.9 Å². The quantitative estimate of drug-likeness (QED) is 0.316. The number of hydrogen-bond acceptors (Lipinski definition) is 9. The van der Waals surface area contributed by atoms with Crippen LogP contribution >= 0.6 is 0 Å². The number of nitrogens with one attached hydrogen (secondary N) is 1. The zero-order chi connectivity index (χ0) is 35.3. The Labute approximate surface area is 272 Å². The van der Waals surface area contributed by atoms with Crippen molar-refractivity contribution in [1.29, 1.82) is 0 Å². The first-order valence-electron chi connectivity index (χ1n) is 15.8. The van der Waals surface area contributed by atoms with Crippen LogP contribution in [0, 0.1) is 11.6 Å². The minimum atomic E-state index is -1.31. The number of ether oxygens (including phenoxy) is 3. The number of rotatable bonds is 8. The van der Waals surface area contributed by atoms with Crippen LogP contribution in [0.1, 0.15) is 87.2 Å². The molecule has 0 saturated carbocycles. The number of fused-ring (bicyclic) bond motifs is 4. The van der Waals surface area contributed by atoms with Gasteiger partial charge in [0.1, 0.15) is 23.4 Å². The van der Waals surface area contributed by atoms with E-state index in [2.05, 4.69) is 28.8 Å². The second-order valence-electron chi connectivity index (χ2n) is 10.2. The molecular weight excluding hydrogens is 620 g/mol. The monoisotopic (exact) mass is 665 g/mol. The van der Waals surface area contributed by atoms with E-state index in [1.165, 1.54) is 17.2 Å². The van der Waals surface area contributed by atoms with Crippen molar-refractivity contribution < 1.29 is 42.2 Å². The van der Waals surface area contributed by atoms with Gasteiger partial charge in [0.15, 0.2) is 12.3 Å². The van der Waals surface area contributed by atoms with E-state index in [4.69, 9.17) is 15.2 Å². The zero-order valence-electron chi connectivity index (χ0n) is 27.8. The molecule has 260 valence electrons. The van der Waals surface area contributed by atoms with Crippen LogP contribution in [0.4, 0.5) is 13.6 Å². The van der Waals surface area contributed by atoms with Gasteiger partial charge in [0.25, 0.3) is 17.7 Å². The molecule has 0 radical (unpaired) electrons. The SMILES string of the molecule is CC.CC.CCC.NC(=O)COC(=O)OCOc1c2n(cc(C(=O)NCc3ccc(F)cc3F)c1=O)CC1N(CC3CCCN31)C2=O. The van der Waals surface area contributed by atoms with Crippen LogP contribution in [0.2, 0.25) is 0 Å². The van der Waals surface area contributed by atoms with E-state index >= 15 is 0 Å². The number of halogens is 2. The number of aromatic nitrogens is 1. The molecule has 1 aromatic carbocycles. The molecule has 2 unspecified atom stereocenters. The number of pyridine rings is 1. The van der Waals surface area contributed by atoms with E-state index in [-0.39, 0.29) is 36.6 Å². The molecule has 2 fully saturated rings. The van der Waals surface area contributed by atoms with Crippen LogP contribution in [0.25, 0.3) is 0 Å². The predicted octanol–water partition coefficient (Wildman–Crippen LogP) is 3.76. The molecule has 13 nitrogen and oxygen atoms in total. The Kier molecular flexibility index (Phi) is 15.3. The lowest BCUT2D eigenvalue weighted by atomic mass is 10.1. The number of amides is 3. The average Bonchev–Trinajstić information content (AvgIpc) is 3.65. The van der Waals surface area contributed by atoms with Crippen LogP contribution in [0.3, 0.4) is 0 Å². The molecule has 3 aliphatic heterocycles. The lowest BCUT2D eigenvalue weighted by Gasteiger charge is -2.36. The molecule has 1 aromatic heterocycles. The van der Waals surface area contributed by atoms with Gasteiger partial charge >= 0.3 is 6.16 Å². The van der Waals surface area contributed by atoms with Gasteiger partial charge in [-0.2, -0.15) is 0 Å². The van der Waals surface area contributed by atoms with Gasteiger partial charge in [0, 0.05) is 43.5 Å². The number of nitrogens with two attached hydrogens (primary N) is 1. The molecule has 47 heavy (non-hydrogen) atoms. The standard InChI is InChI=1S/C25H25F2N5O8.C3H8.2C2H6/c26-14-4-3-13(17(27)6-14)7-29-23(35)16-9-30-10-19-31-5-1-2-15(31)8-32(19)24(36)20(30)22(21(16)34)39-12-40-25(37)38-11-18(28)33;1-3-2;2*1-2/h3-4,6,9,15,19H,1-2,5,7-8,10-12H2,(H2,28,33)(H,29,35);3H2,1-2H3;2*1-2H3. The number of hydrogen-bond donors (Lipinski definition) is 2. The molecular formula is C32H45F2N5O8. The van der Waals surface area contributed by atoms with Gasteiger partial charge in [0.05, 0.1) is 6.54 Å². The highest BCUT2D eigenvalue weighted by atomic mass is 19.1. The fraction of sp³-hybridized carbons (Fsp3) is 0.531. The van der Waals surface area contributed by atoms with E-state index in [1.807, 2.05) is 27.7 Å². The van der Waals surface area contributed by atoms with Crippen molar-refractivity contribution >= 4 is 23.9 Å². The Bertz CT molecular complexity index is 1470. The third-order valence-electron chi connectivity index (χ3n) is 7.05. The van der Waals surface area contributed by atoms with Crippen LogP contribution in [-0.4, -0.2) is 76.9 Å². The van der Waals surface area contributed by atoms with Crippen LogP contribution in [0.15, 0.2) is 29.2 Å². The van der Waals surface area contributed by atoms with E-state index in [1.54, 1.807) is 4.90 Å². The Morgan fingerprint density at radius 1 is 1.04 bits per heavy atom. The number of carbonyl (C=O) groups excluding carboxylic acids is 4. The normalized spacial score (nSPS) is 17.2. The number of primary amides is 1. The Morgan fingerprint density at radius 3 is 2.36 bits per heavy atom. The summed E-state index contributed by atoms with van der Waals surface area (Å²) in [7, 11) is 0. The number of benzene rings is 1. The molecule has 3 amide bonds. The van der Waals surface area contributed by atoms with Crippen LogP contribution in [-0.2, 0) is 27.4 Å². The maximum absolute atomic E-state index is 14.0.